The molecule has 0 bridgehead atoms. The summed E-state index contributed by atoms with van der Waals surface area (Å²) in [5.41, 5.74) is 6.02. The monoisotopic (exact) mass is 250 g/mol. The third-order valence-corrected chi connectivity index (χ3v) is 2.59. The number of rotatable bonds is 6. The van der Waals surface area contributed by atoms with Gasteiger partial charge in [0.2, 0.25) is 0 Å². The molecule has 100 valence electrons. The molecule has 5 nitrogen and oxygen atoms in total. The van der Waals surface area contributed by atoms with Gasteiger partial charge in [0.15, 0.2) is 0 Å². The van der Waals surface area contributed by atoms with E-state index in [0.29, 0.717) is 18.1 Å². The number of carbonyl (C=O) groups excluding carboxylic acids is 1. The van der Waals surface area contributed by atoms with Gasteiger partial charge in [0.1, 0.15) is 11.5 Å². The number of hydrogen-bond acceptors (Lipinski definition) is 4. The Hall–Kier alpha value is -1.62. The molecule has 18 heavy (non-hydrogen) atoms. The first-order chi connectivity index (χ1) is 8.54. The van der Waals surface area contributed by atoms with Crippen LogP contribution in [0.4, 0.5) is 5.82 Å². The molecule has 2 N–H and O–H groups in total. The van der Waals surface area contributed by atoms with Crippen LogP contribution in [0.25, 0.3) is 0 Å². The van der Waals surface area contributed by atoms with Crippen molar-refractivity contribution < 1.29 is 4.79 Å². The zero-order valence-electron chi connectivity index (χ0n) is 11.4. The summed E-state index contributed by atoms with van der Waals surface area (Å²) in [5.74, 6) is 0.330. The first-order valence-electron chi connectivity index (χ1n) is 6.21. The number of aromatic nitrogens is 1. The van der Waals surface area contributed by atoms with E-state index >= 15 is 0 Å². The maximum absolute atomic E-state index is 12.3. The lowest BCUT2D eigenvalue weighted by Crippen LogP contribution is -2.37. The van der Waals surface area contributed by atoms with E-state index in [1.54, 1.807) is 18.2 Å². The zero-order valence-corrected chi connectivity index (χ0v) is 11.4. The summed E-state index contributed by atoms with van der Waals surface area (Å²) in [6.45, 7) is 4.34. The quantitative estimate of drug-likeness (QED) is 0.820. The largest absolute Gasteiger partial charge is 0.384 e. The van der Waals surface area contributed by atoms with E-state index in [0.717, 1.165) is 19.5 Å². The van der Waals surface area contributed by atoms with Crippen molar-refractivity contribution in [1.29, 1.82) is 0 Å². The molecule has 0 saturated heterocycles. The second-order valence-corrected chi connectivity index (χ2v) is 4.54. The Bertz CT molecular complexity index is 392. The summed E-state index contributed by atoms with van der Waals surface area (Å²) in [6, 6.07) is 5.14. The van der Waals surface area contributed by atoms with Crippen LogP contribution in [0.1, 0.15) is 23.8 Å². The number of nitrogens with zero attached hydrogens (tertiary/aromatic N) is 3. The topological polar surface area (TPSA) is 62.5 Å². The highest BCUT2D eigenvalue weighted by Crippen LogP contribution is 2.05. The van der Waals surface area contributed by atoms with Crippen LogP contribution >= 0.6 is 0 Å². The van der Waals surface area contributed by atoms with Crippen LogP contribution in [0.15, 0.2) is 18.2 Å². The number of carbonyl (C=O) groups is 1. The fraction of sp³-hybridized carbons (Fsp3) is 0.538. The van der Waals surface area contributed by atoms with Gasteiger partial charge in [-0.3, -0.25) is 4.79 Å². The van der Waals surface area contributed by atoms with E-state index in [2.05, 4.69) is 16.8 Å². The number of likely N-dealkylation sites (N-methyl/N-ethyl adjacent to an activating group) is 1. The second kappa shape index (κ2) is 6.96. The smallest absolute Gasteiger partial charge is 0.272 e. The molecule has 1 rings (SSSR count). The van der Waals surface area contributed by atoms with Crippen molar-refractivity contribution >= 4 is 11.7 Å². The fourth-order valence-corrected chi connectivity index (χ4v) is 1.64. The Labute approximate surface area is 109 Å². The van der Waals surface area contributed by atoms with Crippen molar-refractivity contribution in [2.45, 2.75) is 13.3 Å². The van der Waals surface area contributed by atoms with Gasteiger partial charge in [0.05, 0.1) is 0 Å². The minimum Gasteiger partial charge on any atom is -0.384 e. The molecule has 1 heterocycles. The molecule has 0 radical (unpaired) electrons. The van der Waals surface area contributed by atoms with Gasteiger partial charge in [-0.15, -0.1) is 0 Å². The number of nitrogen functional groups attached to an aromatic ring is 1. The Kier molecular flexibility index (Phi) is 5.58. The van der Waals surface area contributed by atoms with Crippen molar-refractivity contribution in [2.75, 3.05) is 39.5 Å². The number of amides is 1. The molecule has 0 spiro atoms. The molecule has 0 fully saturated rings. The Morgan fingerprint density at radius 2 is 2.00 bits per heavy atom. The van der Waals surface area contributed by atoms with Crippen molar-refractivity contribution in [1.82, 2.24) is 14.8 Å². The highest BCUT2D eigenvalue weighted by atomic mass is 16.2. The lowest BCUT2D eigenvalue weighted by atomic mass is 10.3. The van der Waals surface area contributed by atoms with Gasteiger partial charge in [0, 0.05) is 19.6 Å². The molecule has 1 aromatic rings. The van der Waals surface area contributed by atoms with Crippen molar-refractivity contribution in [3.8, 4) is 0 Å². The summed E-state index contributed by atoms with van der Waals surface area (Å²) in [7, 11) is 3.99. The molecule has 1 amide bonds. The highest BCUT2D eigenvalue weighted by molar-refractivity contribution is 5.92. The molecule has 0 aliphatic rings. The third-order valence-electron chi connectivity index (χ3n) is 2.59. The van der Waals surface area contributed by atoms with Crippen LogP contribution in [0.5, 0.6) is 0 Å². The van der Waals surface area contributed by atoms with E-state index < -0.39 is 0 Å². The van der Waals surface area contributed by atoms with Gasteiger partial charge in [-0.2, -0.15) is 0 Å². The van der Waals surface area contributed by atoms with Gasteiger partial charge < -0.3 is 15.5 Å². The van der Waals surface area contributed by atoms with E-state index in [9.17, 15) is 4.79 Å². The maximum Gasteiger partial charge on any atom is 0.272 e. The van der Waals surface area contributed by atoms with E-state index in [-0.39, 0.29) is 5.91 Å². The van der Waals surface area contributed by atoms with E-state index in [4.69, 9.17) is 5.73 Å². The fourth-order valence-electron chi connectivity index (χ4n) is 1.64. The van der Waals surface area contributed by atoms with Crippen molar-refractivity contribution in [2.24, 2.45) is 0 Å². The minimum atomic E-state index is -0.0500. The van der Waals surface area contributed by atoms with Crippen LogP contribution in [-0.2, 0) is 0 Å². The summed E-state index contributed by atoms with van der Waals surface area (Å²) < 4.78 is 0. The Morgan fingerprint density at radius 1 is 1.28 bits per heavy atom. The summed E-state index contributed by atoms with van der Waals surface area (Å²) in [6.07, 6.45) is 0.932. The van der Waals surface area contributed by atoms with Gasteiger partial charge in [0.25, 0.3) is 5.91 Å². The molecular formula is C13H22N4O. The molecule has 0 atom stereocenters. The molecule has 0 unspecified atom stereocenters. The average molecular weight is 250 g/mol. The van der Waals surface area contributed by atoms with Gasteiger partial charge >= 0.3 is 0 Å². The number of nitrogens with two attached hydrogens (primary N) is 1. The van der Waals surface area contributed by atoms with Crippen LogP contribution in [0, 0.1) is 0 Å². The summed E-state index contributed by atoms with van der Waals surface area (Å²) in [4.78, 5) is 20.2. The van der Waals surface area contributed by atoms with Gasteiger partial charge in [-0.25, -0.2) is 4.98 Å². The lowest BCUT2D eigenvalue weighted by molar-refractivity contribution is 0.0739. The molecule has 0 aliphatic carbocycles. The SMILES string of the molecule is CCCN(CCN(C)C)C(=O)c1cccc(N)n1. The predicted octanol–water partition coefficient (Wildman–Crippen LogP) is 1.08. The van der Waals surface area contributed by atoms with Crippen molar-refractivity contribution in [3.05, 3.63) is 23.9 Å². The van der Waals surface area contributed by atoms with Crippen LogP contribution in [-0.4, -0.2) is 54.4 Å². The molecule has 0 saturated carbocycles. The first kappa shape index (κ1) is 14.4. The lowest BCUT2D eigenvalue weighted by Gasteiger charge is -2.23. The Morgan fingerprint density at radius 3 is 2.56 bits per heavy atom. The summed E-state index contributed by atoms with van der Waals surface area (Å²) in [5, 5.41) is 0. The van der Waals surface area contributed by atoms with Gasteiger partial charge in [-0.05, 0) is 32.6 Å². The van der Waals surface area contributed by atoms with Crippen LogP contribution in [0.2, 0.25) is 0 Å². The minimum absolute atomic E-state index is 0.0500. The first-order valence-corrected chi connectivity index (χ1v) is 6.21. The number of pyridine rings is 1. The normalized spacial score (nSPS) is 10.7. The molecular weight excluding hydrogens is 228 g/mol. The zero-order chi connectivity index (χ0) is 13.5. The van der Waals surface area contributed by atoms with E-state index in [1.165, 1.54) is 0 Å². The second-order valence-electron chi connectivity index (χ2n) is 4.54. The third kappa shape index (κ3) is 4.33. The standard InChI is InChI=1S/C13H22N4O/c1-4-8-17(10-9-16(2)3)13(18)11-6-5-7-12(14)15-11/h5-7H,4,8-10H2,1-3H3,(H2,14,15). The molecule has 0 aliphatic heterocycles. The maximum atomic E-state index is 12.3. The highest BCUT2D eigenvalue weighted by Gasteiger charge is 2.16. The molecule has 0 aromatic carbocycles. The molecule has 1 aromatic heterocycles. The number of hydrogen-bond donors (Lipinski definition) is 1. The van der Waals surface area contributed by atoms with Crippen LogP contribution in [0.3, 0.4) is 0 Å². The predicted molar refractivity (Wildman–Crippen MR) is 73.4 cm³/mol. The average Bonchev–Trinajstić information content (AvgIpc) is 2.33. The molecule has 5 heteroatoms. The summed E-state index contributed by atoms with van der Waals surface area (Å²) >= 11 is 0. The van der Waals surface area contributed by atoms with Crippen LogP contribution < -0.4 is 5.73 Å². The van der Waals surface area contributed by atoms with E-state index in [1.807, 2.05) is 19.0 Å². The number of anilines is 1. The van der Waals surface area contributed by atoms with Crippen molar-refractivity contribution in [3.63, 3.8) is 0 Å². The van der Waals surface area contributed by atoms with Gasteiger partial charge in [-0.1, -0.05) is 13.0 Å². The Balaban J connectivity index is 2.75.